The first-order valence-corrected chi connectivity index (χ1v) is 9.77. The van der Waals surface area contributed by atoms with Gasteiger partial charge in [0.05, 0.1) is 32.2 Å². The Morgan fingerprint density at radius 1 is 1.21 bits per heavy atom. The number of ether oxygens (including phenoxy) is 2. The molecule has 0 spiro atoms. The summed E-state index contributed by atoms with van der Waals surface area (Å²) in [7, 11) is 1.32. The van der Waals surface area contributed by atoms with Gasteiger partial charge in [-0.1, -0.05) is 18.2 Å². The number of hydrogen-bond donors (Lipinski definition) is 1. The van der Waals surface area contributed by atoms with Crippen LogP contribution in [-0.2, 0) is 27.3 Å². The molecular weight excluding hydrogens is 380 g/mol. The van der Waals surface area contributed by atoms with Crippen LogP contribution < -0.4 is 10.1 Å². The molecule has 2 aromatic rings. The number of hydrogen-bond acceptors (Lipinski definition) is 6. The molecule has 0 saturated heterocycles. The summed E-state index contributed by atoms with van der Waals surface area (Å²) in [5.41, 5.74) is 1.24. The minimum atomic E-state index is -0.482. The average molecular weight is 402 g/mol. The lowest BCUT2D eigenvalue weighted by atomic mass is 10.0. The van der Waals surface area contributed by atoms with Gasteiger partial charge in [0.2, 0.25) is 11.8 Å². The first kappa shape index (κ1) is 19.9. The number of fused-ring (bicyclic) bond motifs is 1. The maximum Gasteiger partial charge on any atom is 0.341 e. The van der Waals surface area contributed by atoms with E-state index in [4.69, 9.17) is 9.47 Å². The van der Waals surface area contributed by atoms with Crippen LogP contribution in [0.4, 0.5) is 5.00 Å². The Morgan fingerprint density at radius 2 is 1.96 bits per heavy atom. The van der Waals surface area contributed by atoms with Crippen LogP contribution in [0.3, 0.4) is 0 Å². The number of para-hydroxylation sites is 1. The third-order valence-electron chi connectivity index (χ3n) is 4.49. The summed E-state index contributed by atoms with van der Waals surface area (Å²) >= 11 is 1.32. The lowest BCUT2D eigenvalue weighted by Gasteiger charge is -2.25. The molecule has 0 fully saturated rings. The van der Waals surface area contributed by atoms with E-state index in [-0.39, 0.29) is 24.8 Å². The Labute approximate surface area is 167 Å². The monoisotopic (exact) mass is 402 g/mol. The molecule has 0 aliphatic carbocycles. The zero-order chi connectivity index (χ0) is 20.1. The second kappa shape index (κ2) is 8.88. The van der Waals surface area contributed by atoms with E-state index in [0.29, 0.717) is 35.8 Å². The summed E-state index contributed by atoms with van der Waals surface area (Å²) in [6.45, 7) is 2.73. The molecule has 1 aromatic carbocycles. The van der Waals surface area contributed by atoms with Gasteiger partial charge in [-0.05, 0) is 24.1 Å². The maximum absolute atomic E-state index is 12.4. The Morgan fingerprint density at radius 3 is 2.64 bits per heavy atom. The zero-order valence-corrected chi connectivity index (χ0v) is 16.6. The Balaban J connectivity index is 1.69. The minimum Gasteiger partial charge on any atom is -0.493 e. The SMILES string of the molecule is COC(=O)c1c(NC(=O)CCOc2ccccc2)sc2c1CCN(C(C)=O)C2. The highest BCUT2D eigenvalue weighted by molar-refractivity contribution is 7.17. The predicted molar refractivity (Wildman–Crippen MR) is 106 cm³/mol. The van der Waals surface area contributed by atoms with Crippen LogP contribution in [0, 0.1) is 0 Å². The van der Waals surface area contributed by atoms with Crippen LogP contribution in [-0.4, -0.2) is 42.9 Å². The Bertz CT molecular complexity index is 878. The first-order valence-electron chi connectivity index (χ1n) is 8.95. The van der Waals surface area contributed by atoms with Crippen molar-refractivity contribution in [3.63, 3.8) is 0 Å². The van der Waals surface area contributed by atoms with E-state index in [2.05, 4.69) is 5.32 Å². The lowest BCUT2D eigenvalue weighted by molar-refractivity contribution is -0.129. The van der Waals surface area contributed by atoms with Gasteiger partial charge >= 0.3 is 5.97 Å². The number of rotatable bonds is 6. The van der Waals surface area contributed by atoms with Crippen molar-refractivity contribution < 1.29 is 23.9 Å². The smallest absolute Gasteiger partial charge is 0.341 e. The summed E-state index contributed by atoms with van der Waals surface area (Å²) in [6.07, 6.45) is 0.709. The van der Waals surface area contributed by atoms with Crippen molar-refractivity contribution >= 4 is 34.1 Å². The standard InChI is InChI=1S/C20H22N2O5S/c1-13(23)22-10-8-15-16(12-22)28-19(18(15)20(25)26-2)21-17(24)9-11-27-14-6-4-3-5-7-14/h3-7H,8-12H2,1-2H3,(H,21,24). The van der Waals surface area contributed by atoms with Crippen molar-refractivity contribution in [1.29, 1.82) is 0 Å². The van der Waals surface area contributed by atoms with Gasteiger partial charge in [-0.3, -0.25) is 9.59 Å². The third-order valence-corrected chi connectivity index (χ3v) is 5.62. The van der Waals surface area contributed by atoms with Crippen LogP contribution in [0.25, 0.3) is 0 Å². The van der Waals surface area contributed by atoms with Gasteiger partial charge in [0, 0.05) is 18.3 Å². The lowest BCUT2D eigenvalue weighted by Crippen LogP contribution is -2.33. The van der Waals surface area contributed by atoms with Crippen molar-refractivity contribution in [1.82, 2.24) is 4.90 Å². The maximum atomic E-state index is 12.4. The normalized spacial score (nSPS) is 12.9. The number of anilines is 1. The van der Waals surface area contributed by atoms with Crippen LogP contribution in [0.2, 0.25) is 0 Å². The number of benzene rings is 1. The second-order valence-corrected chi connectivity index (χ2v) is 7.45. The molecule has 148 valence electrons. The molecule has 0 atom stereocenters. The molecule has 0 unspecified atom stereocenters. The van der Waals surface area contributed by atoms with Crippen molar-refractivity contribution in [2.24, 2.45) is 0 Å². The molecule has 1 N–H and O–H groups in total. The highest BCUT2D eigenvalue weighted by Gasteiger charge is 2.29. The number of methoxy groups -OCH3 is 1. The van der Waals surface area contributed by atoms with Crippen molar-refractivity contribution in [2.45, 2.75) is 26.3 Å². The van der Waals surface area contributed by atoms with Gasteiger partial charge in [-0.2, -0.15) is 0 Å². The van der Waals surface area contributed by atoms with Crippen molar-refractivity contribution in [3.05, 3.63) is 46.3 Å². The number of carbonyl (C=O) groups excluding carboxylic acids is 3. The van der Waals surface area contributed by atoms with E-state index in [1.807, 2.05) is 30.3 Å². The molecule has 2 amide bonds. The Hall–Kier alpha value is -2.87. The van der Waals surface area contributed by atoms with E-state index in [1.165, 1.54) is 25.4 Å². The van der Waals surface area contributed by atoms with Crippen molar-refractivity contribution in [2.75, 3.05) is 25.6 Å². The second-order valence-electron chi connectivity index (χ2n) is 6.35. The zero-order valence-electron chi connectivity index (χ0n) is 15.8. The van der Waals surface area contributed by atoms with Crippen LogP contribution >= 0.6 is 11.3 Å². The van der Waals surface area contributed by atoms with E-state index < -0.39 is 5.97 Å². The van der Waals surface area contributed by atoms with Crippen LogP contribution in [0.1, 0.15) is 34.1 Å². The highest BCUT2D eigenvalue weighted by atomic mass is 32.1. The number of esters is 1. The number of nitrogens with zero attached hydrogens (tertiary/aromatic N) is 1. The van der Waals surface area contributed by atoms with E-state index >= 15 is 0 Å². The molecule has 28 heavy (non-hydrogen) atoms. The van der Waals surface area contributed by atoms with Crippen LogP contribution in [0.15, 0.2) is 30.3 Å². The fraction of sp³-hybridized carbons (Fsp3) is 0.350. The molecule has 3 rings (SSSR count). The summed E-state index contributed by atoms with van der Waals surface area (Å²) in [5, 5.41) is 3.27. The molecule has 7 nitrogen and oxygen atoms in total. The third kappa shape index (κ3) is 4.51. The molecule has 0 saturated carbocycles. The molecule has 0 bridgehead atoms. The average Bonchev–Trinajstić information content (AvgIpc) is 3.05. The van der Waals surface area contributed by atoms with Gasteiger partial charge < -0.3 is 19.7 Å². The number of amides is 2. The van der Waals surface area contributed by atoms with Gasteiger partial charge in [0.25, 0.3) is 0 Å². The largest absolute Gasteiger partial charge is 0.493 e. The first-order chi connectivity index (χ1) is 13.5. The number of thiophene rings is 1. The fourth-order valence-corrected chi connectivity index (χ4v) is 4.31. The predicted octanol–water partition coefficient (Wildman–Crippen LogP) is 2.85. The molecule has 2 heterocycles. The number of carbonyl (C=O) groups is 3. The number of nitrogens with one attached hydrogen (secondary N) is 1. The fourth-order valence-electron chi connectivity index (χ4n) is 3.05. The van der Waals surface area contributed by atoms with E-state index in [0.717, 1.165) is 10.4 Å². The molecule has 0 radical (unpaired) electrons. The molecule has 8 heteroatoms. The summed E-state index contributed by atoms with van der Waals surface area (Å²) < 4.78 is 10.4. The Kier molecular flexibility index (Phi) is 6.30. The summed E-state index contributed by atoms with van der Waals surface area (Å²) in [6, 6.07) is 9.25. The topological polar surface area (TPSA) is 84.9 Å². The highest BCUT2D eigenvalue weighted by Crippen LogP contribution is 2.37. The summed E-state index contributed by atoms with van der Waals surface area (Å²) in [4.78, 5) is 38.9. The van der Waals surface area contributed by atoms with Gasteiger partial charge in [0.1, 0.15) is 10.8 Å². The van der Waals surface area contributed by atoms with Gasteiger partial charge in [-0.15, -0.1) is 11.3 Å². The minimum absolute atomic E-state index is 0.0117. The molecular formula is C20H22N2O5S. The summed E-state index contributed by atoms with van der Waals surface area (Å²) in [5.74, 6) is -0.0449. The van der Waals surface area contributed by atoms with Gasteiger partial charge in [0.15, 0.2) is 0 Å². The van der Waals surface area contributed by atoms with Crippen molar-refractivity contribution in [3.8, 4) is 5.75 Å². The molecule has 1 aromatic heterocycles. The van der Waals surface area contributed by atoms with Gasteiger partial charge in [-0.25, -0.2) is 4.79 Å². The quantitative estimate of drug-likeness (QED) is 0.751. The molecule has 1 aliphatic rings. The van der Waals surface area contributed by atoms with E-state index in [9.17, 15) is 14.4 Å². The van der Waals surface area contributed by atoms with Crippen LogP contribution in [0.5, 0.6) is 5.75 Å². The molecule has 1 aliphatic heterocycles. The van der Waals surface area contributed by atoms with E-state index in [1.54, 1.807) is 4.90 Å².